The Bertz CT molecular complexity index is 467. The Kier molecular flexibility index (Phi) is 3.79. The predicted molar refractivity (Wildman–Crippen MR) is 78.6 cm³/mol. The highest BCUT2D eigenvalue weighted by molar-refractivity contribution is 5.78. The Morgan fingerprint density at radius 3 is 2.60 bits per heavy atom. The minimum absolute atomic E-state index is 0.0907. The summed E-state index contributed by atoms with van der Waals surface area (Å²) in [6, 6.07) is 11.0. The molecule has 1 aromatic rings. The first-order chi connectivity index (χ1) is 9.69. The van der Waals surface area contributed by atoms with Gasteiger partial charge in [0, 0.05) is 37.6 Å². The fraction of sp³-hybridized carbons (Fsp3) is 0.588. The van der Waals surface area contributed by atoms with Gasteiger partial charge in [-0.05, 0) is 24.8 Å². The highest BCUT2D eigenvalue weighted by Gasteiger charge is 2.39. The van der Waals surface area contributed by atoms with Crippen LogP contribution in [-0.2, 0) is 14.9 Å². The maximum absolute atomic E-state index is 12.3. The summed E-state index contributed by atoms with van der Waals surface area (Å²) < 4.78 is 5.42. The van der Waals surface area contributed by atoms with Gasteiger partial charge in [-0.2, -0.15) is 0 Å². The molecule has 20 heavy (non-hydrogen) atoms. The van der Waals surface area contributed by atoms with Crippen LogP contribution in [0.5, 0.6) is 0 Å². The molecular formula is C17H23NO2. The topological polar surface area (TPSA) is 29.5 Å². The zero-order chi connectivity index (χ0) is 14.0. The Morgan fingerprint density at radius 2 is 1.90 bits per heavy atom. The number of benzene rings is 1. The number of hydrogen-bond acceptors (Lipinski definition) is 2. The van der Waals surface area contributed by atoms with Gasteiger partial charge in [0.05, 0.1) is 0 Å². The van der Waals surface area contributed by atoms with E-state index in [1.54, 1.807) is 0 Å². The SMILES string of the molecule is C[C@@]1(c2ccccc2)CCC(=O)N(C2CCOCC2)C1. The summed E-state index contributed by atoms with van der Waals surface area (Å²) in [5.41, 5.74) is 1.44. The maximum atomic E-state index is 12.3. The van der Waals surface area contributed by atoms with Gasteiger partial charge in [0.2, 0.25) is 5.91 Å². The Morgan fingerprint density at radius 1 is 1.20 bits per heavy atom. The Balaban J connectivity index is 1.80. The van der Waals surface area contributed by atoms with Crippen LogP contribution in [0.4, 0.5) is 0 Å². The van der Waals surface area contributed by atoms with Gasteiger partial charge in [-0.1, -0.05) is 37.3 Å². The first-order valence-electron chi connectivity index (χ1n) is 7.62. The van der Waals surface area contributed by atoms with Crippen LogP contribution in [0.15, 0.2) is 30.3 Å². The van der Waals surface area contributed by atoms with Crippen LogP contribution in [0, 0.1) is 0 Å². The molecule has 1 atom stereocenters. The quantitative estimate of drug-likeness (QED) is 0.829. The maximum Gasteiger partial charge on any atom is 0.222 e. The molecule has 0 N–H and O–H groups in total. The van der Waals surface area contributed by atoms with Crippen molar-refractivity contribution in [3.05, 3.63) is 35.9 Å². The van der Waals surface area contributed by atoms with Gasteiger partial charge >= 0.3 is 0 Å². The van der Waals surface area contributed by atoms with E-state index in [2.05, 4.69) is 42.2 Å². The summed E-state index contributed by atoms with van der Waals surface area (Å²) in [6.07, 6.45) is 3.59. The fourth-order valence-corrected chi connectivity index (χ4v) is 3.48. The lowest BCUT2D eigenvalue weighted by Crippen LogP contribution is -2.53. The molecule has 0 unspecified atom stereocenters. The molecule has 108 valence electrons. The molecule has 0 aliphatic carbocycles. The number of carbonyl (C=O) groups is 1. The van der Waals surface area contributed by atoms with E-state index in [9.17, 15) is 4.79 Å². The molecule has 1 aromatic carbocycles. The van der Waals surface area contributed by atoms with Crippen LogP contribution in [0.25, 0.3) is 0 Å². The second-order valence-electron chi connectivity index (χ2n) is 6.29. The molecule has 3 rings (SSSR count). The summed E-state index contributed by atoms with van der Waals surface area (Å²) in [5.74, 6) is 0.324. The number of carbonyl (C=O) groups excluding carboxylic acids is 1. The molecule has 3 nitrogen and oxygen atoms in total. The van der Waals surface area contributed by atoms with Crippen LogP contribution < -0.4 is 0 Å². The normalized spacial score (nSPS) is 28.6. The summed E-state index contributed by atoms with van der Waals surface area (Å²) >= 11 is 0. The summed E-state index contributed by atoms with van der Waals surface area (Å²) in [4.78, 5) is 14.4. The summed E-state index contributed by atoms with van der Waals surface area (Å²) in [7, 11) is 0. The van der Waals surface area contributed by atoms with E-state index in [0.29, 0.717) is 18.4 Å². The molecule has 2 aliphatic heterocycles. The zero-order valence-corrected chi connectivity index (χ0v) is 12.2. The third-order valence-corrected chi connectivity index (χ3v) is 4.83. The van der Waals surface area contributed by atoms with Crippen LogP contribution in [-0.4, -0.2) is 36.6 Å². The monoisotopic (exact) mass is 273 g/mol. The third kappa shape index (κ3) is 2.59. The lowest BCUT2D eigenvalue weighted by atomic mass is 9.75. The average molecular weight is 273 g/mol. The van der Waals surface area contributed by atoms with Crippen molar-refractivity contribution in [1.29, 1.82) is 0 Å². The smallest absolute Gasteiger partial charge is 0.222 e. The highest BCUT2D eigenvalue weighted by Crippen LogP contribution is 2.35. The van der Waals surface area contributed by atoms with E-state index in [1.807, 2.05) is 0 Å². The van der Waals surface area contributed by atoms with Crippen molar-refractivity contribution < 1.29 is 9.53 Å². The van der Waals surface area contributed by atoms with Gasteiger partial charge in [0.1, 0.15) is 0 Å². The number of ether oxygens (including phenoxy) is 1. The average Bonchev–Trinajstić information content (AvgIpc) is 2.52. The van der Waals surface area contributed by atoms with Gasteiger partial charge in [-0.25, -0.2) is 0 Å². The summed E-state index contributed by atoms with van der Waals surface area (Å²) in [6.45, 7) is 4.72. The minimum atomic E-state index is 0.0907. The molecule has 0 aromatic heterocycles. The zero-order valence-electron chi connectivity index (χ0n) is 12.2. The van der Waals surface area contributed by atoms with Crippen LogP contribution >= 0.6 is 0 Å². The van der Waals surface area contributed by atoms with E-state index in [0.717, 1.165) is 39.0 Å². The number of hydrogen-bond donors (Lipinski definition) is 0. The van der Waals surface area contributed by atoms with Crippen molar-refractivity contribution in [2.75, 3.05) is 19.8 Å². The van der Waals surface area contributed by atoms with Crippen molar-refractivity contribution in [1.82, 2.24) is 4.90 Å². The van der Waals surface area contributed by atoms with Crippen LogP contribution in [0.3, 0.4) is 0 Å². The van der Waals surface area contributed by atoms with Crippen molar-refractivity contribution in [3.63, 3.8) is 0 Å². The number of piperidine rings is 1. The molecule has 0 spiro atoms. The van der Waals surface area contributed by atoms with E-state index in [1.165, 1.54) is 5.56 Å². The highest BCUT2D eigenvalue weighted by atomic mass is 16.5. The first-order valence-corrected chi connectivity index (χ1v) is 7.62. The standard InChI is InChI=1S/C17H23NO2/c1-17(14-5-3-2-4-6-14)10-7-16(19)18(13-17)15-8-11-20-12-9-15/h2-6,15H,7-13H2,1H3/t17-/m1/s1. The molecule has 2 fully saturated rings. The van der Waals surface area contributed by atoms with Crippen LogP contribution in [0.1, 0.15) is 38.2 Å². The number of nitrogens with zero attached hydrogens (tertiary/aromatic N) is 1. The molecule has 0 radical (unpaired) electrons. The van der Waals surface area contributed by atoms with E-state index < -0.39 is 0 Å². The van der Waals surface area contributed by atoms with E-state index >= 15 is 0 Å². The van der Waals surface area contributed by atoms with Gasteiger partial charge in [-0.3, -0.25) is 4.79 Å². The molecule has 1 amide bonds. The third-order valence-electron chi connectivity index (χ3n) is 4.83. The van der Waals surface area contributed by atoms with Crippen molar-refractivity contribution >= 4 is 5.91 Å². The minimum Gasteiger partial charge on any atom is -0.381 e. The molecule has 3 heteroatoms. The van der Waals surface area contributed by atoms with Gasteiger partial charge in [0.25, 0.3) is 0 Å². The lowest BCUT2D eigenvalue weighted by Gasteiger charge is -2.45. The van der Waals surface area contributed by atoms with Crippen LogP contribution in [0.2, 0.25) is 0 Å². The van der Waals surface area contributed by atoms with Crippen molar-refractivity contribution in [2.45, 2.75) is 44.1 Å². The molecule has 2 heterocycles. The van der Waals surface area contributed by atoms with Crippen molar-refractivity contribution in [2.24, 2.45) is 0 Å². The second-order valence-corrected chi connectivity index (χ2v) is 6.29. The predicted octanol–water partition coefficient (Wildman–Crippen LogP) is 2.75. The van der Waals surface area contributed by atoms with E-state index in [-0.39, 0.29) is 5.41 Å². The molecule has 0 bridgehead atoms. The molecular weight excluding hydrogens is 250 g/mol. The molecule has 2 aliphatic rings. The number of likely N-dealkylation sites (tertiary alicyclic amines) is 1. The fourth-order valence-electron chi connectivity index (χ4n) is 3.48. The van der Waals surface area contributed by atoms with E-state index in [4.69, 9.17) is 4.74 Å². The molecule has 2 saturated heterocycles. The summed E-state index contributed by atoms with van der Waals surface area (Å²) in [5, 5.41) is 0. The second kappa shape index (κ2) is 5.57. The first kappa shape index (κ1) is 13.6. The van der Waals surface area contributed by atoms with Gasteiger partial charge < -0.3 is 9.64 Å². The molecule has 0 saturated carbocycles. The van der Waals surface area contributed by atoms with Gasteiger partial charge in [0.15, 0.2) is 0 Å². The lowest BCUT2D eigenvalue weighted by molar-refractivity contribution is -0.140. The Hall–Kier alpha value is -1.35. The van der Waals surface area contributed by atoms with Crippen molar-refractivity contribution in [3.8, 4) is 0 Å². The van der Waals surface area contributed by atoms with Gasteiger partial charge in [-0.15, -0.1) is 0 Å². The largest absolute Gasteiger partial charge is 0.381 e. The number of amides is 1. The Labute approximate surface area is 120 Å². The number of rotatable bonds is 2.